The number of benzene rings is 2. The second-order valence-corrected chi connectivity index (χ2v) is 8.00. The van der Waals surface area contributed by atoms with Crippen LogP contribution in [0.5, 0.6) is 5.75 Å². The number of carbonyl (C=O) groups is 2. The Morgan fingerprint density at radius 3 is 2.28 bits per heavy atom. The van der Waals surface area contributed by atoms with Crippen molar-refractivity contribution in [2.24, 2.45) is 0 Å². The summed E-state index contributed by atoms with van der Waals surface area (Å²) in [5, 5.41) is 2.91. The van der Waals surface area contributed by atoms with Gasteiger partial charge in [0.25, 0.3) is 11.8 Å². The van der Waals surface area contributed by atoms with Crippen LogP contribution >= 0.6 is 0 Å². The third kappa shape index (κ3) is 5.17. The Hall–Kier alpha value is -2.82. The van der Waals surface area contributed by atoms with Gasteiger partial charge in [-0.3, -0.25) is 9.59 Å². The van der Waals surface area contributed by atoms with Crippen molar-refractivity contribution in [1.82, 2.24) is 4.90 Å². The van der Waals surface area contributed by atoms with Crippen LogP contribution in [0.25, 0.3) is 0 Å². The molecule has 0 aromatic heterocycles. The molecule has 0 bridgehead atoms. The summed E-state index contributed by atoms with van der Waals surface area (Å²) in [6.07, 6.45) is 3.25. The summed E-state index contributed by atoms with van der Waals surface area (Å²) < 4.78 is 5.68. The zero-order valence-electron chi connectivity index (χ0n) is 17.7. The lowest BCUT2D eigenvalue weighted by molar-refractivity contribution is -0.139. The van der Waals surface area contributed by atoms with Gasteiger partial charge in [0.1, 0.15) is 5.75 Å². The molecular weight excluding hydrogens is 364 g/mol. The number of anilines is 1. The summed E-state index contributed by atoms with van der Waals surface area (Å²) in [6.45, 7) is 8.26. The third-order valence-electron chi connectivity index (χ3n) is 5.73. The van der Waals surface area contributed by atoms with Gasteiger partial charge in [-0.25, -0.2) is 0 Å². The molecule has 1 aliphatic heterocycles. The Bertz CT molecular complexity index is 866. The Balaban J connectivity index is 1.56. The molecule has 0 spiro atoms. The number of nitrogens with zero attached hydrogens (tertiary/aromatic N) is 1. The maximum absolute atomic E-state index is 12.6. The summed E-state index contributed by atoms with van der Waals surface area (Å²) in [5.41, 5.74) is 3.63. The highest BCUT2D eigenvalue weighted by atomic mass is 16.5. The van der Waals surface area contributed by atoms with Crippen molar-refractivity contribution >= 4 is 17.5 Å². The molecule has 1 aliphatic rings. The van der Waals surface area contributed by atoms with Gasteiger partial charge in [0, 0.05) is 23.3 Å². The van der Waals surface area contributed by atoms with E-state index >= 15 is 0 Å². The van der Waals surface area contributed by atoms with Gasteiger partial charge in [-0.1, -0.05) is 6.07 Å². The van der Waals surface area contributed by atoms with Gasteiger partial charge in [-0.05, 0) is 94.5 Å². The molecule has 2 unspecified atom stereocenters. The van der Waals surface area contributed by atoms with Gasteiger partial charge < -0.3 is 15.0 Å². The lowest BCUT2D eigenvalue weighted by Gasteiger charge is -2.38. The predicted octanol–water partition coefficient (Wildman–Crippen LogP) is 4.72. The zero-order chi connectivity index (χ0) is 21.0. The van der Waals surface area contributed by atoms with Crippen molar-refractivity contribution in [2.75, 3.05) is 11.9 Å². The number of hydrogen-bond acceptors (Lipinski definition) is 3. The lowest BCUT2D eigenvalue weighted by Crippen LogP contribution is -2.49. The van der Waals surface area contributed by atoms with Crippen LogP contribution in [0.3, 0.4) is 0 Å². The van der Waals surface area contributed by atoms with Crippen LogP contribution in [0.1, 0.15) is 54.6 Å². The summed E-state index contributed by atoms with van der Waals surface area (Å²) in [5.74, 6) is 0.423. The zero-order valence-corrected chi connectivity index (χ0v) is 17.7. The second-order valence-electron chi connectivity index (χ2n) is 8.00. The van der Waals surface area contributed by atoms with E-state index in [1.807, 2.05) is 36.9 Å². The van der Waals surface area contributed by atoms with E-state index in [4.69, 9.17) is 4.74 Å². The molecule has 2 atom stereocenters. The molecule has 2 aromatic carbocycles. The van der Waals surface area contributed by atoms with Gasteiger partial charge in [-0.2, -0.15) is 0 Å². The molecule has 0 saturated carbocycles. The van der Waals surface area contributed by atoms with Gasteiger partial charge in [0.05, 0.1) is 0 Å². The average Bonchev–Trinajstić information content (AvgIpc) is 2.69. The van der Waals surface area contributed by atoms with Crippen LogP contribution in [0.2, 0.25) is 0 Å². The van der Waals surface area contributed by atoms with Crippen LogP contribution in [0, 0.1) is 13.8 Å². The molecule has 0 aliphatic carbocycles. The van der Waals surface area contributed by atoms with E-state index in [0.717, 1.165) is 24.1 Å². The van der Waals surface area contributed by atoms with E-state index < -0.39 is 0 Å². The van der Waals surface area contributed by atoms with Gasteiger partial charge in [0.15, 0.2) is 6.61 Å². The van der Waals surface area contributed by atoms with Gasteiger partial charge in [0.2, 0.25) is 0 Å². The number of aryl methyl sites for hydroxylation is 2. The molecule has 29 heavy (non-hydrogen) atoms. The van der Waals surface area contributed by atoms with Crippen molar-refractivity contribution < 1.29 is 14.3 Å². The predicted molar refractivity (Wildman–Crippen MR) is 115 cm³/mol. The highest BCUT2D eigenvalue weighted by molar-refractivity contribution is 6.04. The molecule has 5 heteroatoms. The number of ether oxygens (including phenoxy) is 1. The molecule has 1 N–H and O–H groups in total. The van der Waals surface area contributed by atoms with Crippen LogP contribution in [-0.2, 0) is 4.79 Å². The first-order valence-electron chi connectivity index (χ1n) is 10.3. The number of piperidine rings is 1. The van der Waals surface area contributed by atoms with E-state index in [9.17, 15) is 9.59 Å². The Morgan fingerprint density at radius 1 is 1.00 bits per heavy atom. The van der Waals surface area contributed by atoms with Crippen molar-refractivity contribution in [1.29, 1.82) is 0 Å². The van der Waals surface area contributed by atoms with E-state index in [-0.39, 0.29) is 30.5 Å². The van der Waals surface area contributed by atoms with Crippen molar-refractivity contribution in [3.05, 3.63) is 59.2 Å². The fourth-order valence-corrected chi connectivity index (χ4v) is 3.86. The maximum Gasteiger partial charge on any atom is 0.260 e. The van der Waals surface area contributed by atoms with E-state index in [1.54, 1.807) is 24.3 Å². The molecule has 5 nitrogen and oxygen atoms in total. The fraction of sp³-hybridized carbons (Fsp3) is 0.417. The summed E-state index contributed by atoms with van der Waals surface area (Å²) >= 11 is 0. The molecule has 1 heterocycles. The largest absolute Gasteiger partial charge is 0.484 e. The number of hydrogen-bond donors (Lipinski definition) is 1. The highest BCUT2D eigenvalue weighted by Gasteiger charge is 2.28. The summed E-state index contributed by atoms with van der Waals surface area (Å²) in [7, 11) is 0. The van der Waals surface area contributed by atoms with Crippen LogP contribution in [0.15, 0.2) is 42.5 Å². The van der Waals surface area contributed by atoms with Gasteiger partial charge >= 0.3 is 0 Å². The van der Waals surface area contributed by atoms with Crippen LogP contribution in [-0.4, -0.2) is 35.4 Å². The first-order chi connectivity index (χ1) is 13.8. The quantitative estimate of drug-likeness (QED) is 0.798. The SMILES string of the molecule is Cc1ccc(NC(=O)c2ccc(OCC(=O)N3C(C)CCCC3C)cc2)cc1C. The molecule has 1 saturated heterocycles. The normalized spacial score (nSPS) is 19.0. The topological polar surface area (TPSA) is 58.6 Å². The van der Waals surface area contributed by atoms with E-state index in [0.29, 0.717) is 11.3 Å². The molecule has 1 fully saturated rings. The molecular formula is C24H30N2O3. The van der Waals surface area contributed by atoms with Crippen molar-refractivity contribution in [3.8, 4) is 5.75 Å². The number of rotatable bonds is 5. The standard InChI is InChI=1S/C24H30N2O3/c1-16-8-11-21(14-17(16)2)25-24(28)20-9-12-22(13-10-20)29-15-23(27)26-18(3)6-5-7-19(26)4/h8-14,18-19H,5-7,15H2,1-4H3,(H,25,28). The minimum absolute atomic E-state index is 0.0151. The molecule has 2 aromatic rings. The van der Waals surface area contributed by atoms with E-state index in [2.05, 4.69) is 19.2 Å². The molecule has 3 rings (SSSR count). The third-order valence-corrected chi connectivity index (χ3v) is 5.73. The highest BCUT2D eigenvalue weighted by Crippen LogP contribution is 2.23. The van der Waals surface area contributed by atoms with Gasteiger partial charge in [-0.15, -0.1) is 0 Å². The van der Waals surface area contributed by atoms with Crippen molar-refractivity contribution in [2.45, 2.75) is 59.0 Å². The number of carbonyl (C=O) groups excluding carboxylic acids is 2. The number of nitrogens with one attached hydrogen (secondary N) is 1. The minimum Gasteiger partial charge on any atom is -0.484 e. The average molecular weight is 395 g/mol. The monoisotopic (exact) mass is 394 g/mol. The first-order valence-corrected chi connectivity index (χ1v) is 10.3. The van der Waals surface area contributed by atoms with E-state index in [1.165, 1.54) is 12.0 Å². The first kappa shape index (κ1) is 20.9. The number of likely N-dealkylation sites (tertiary alicyclic amines) is 1. The summed E-state index contributed by atoms with van der Waals surface area (Å²) in [4.78, 5) is 27.0. The second kappa shape index (κ2) is 9.12. The molecule has 0 radical (unpaired) electrons. The maximum atomic E-state index is 12.6. The lowest BCUT2D eigenvalue weighted by atomic mass is 9.97. The van der Waals surface area contributed by atoms with Crippen LogP contribution < -0.4 is 10.1 Å². The van der Waals surface area contributed by atoms with Crippen molar-refractivity contribution in [3.63, 3.8) is 0 Å². The molecule has 154 valence electrons. The smallest absolute Gasteiger partial charge is 0.260 e. The van der Waals surface area contributed by atoms with Crippen LogP contribution in [0.4, 0.5) is 5.69 Å². The molecule has 2 amide bonds. The fourth-order valence-electron chi connectivity index (χ4n) is 3.86. The minimum atomic E-state index is -0.174. The Labute approximate surface area is 173 Å². The Morgan fingerprint density at radius 2 is 1.66 bits per heavy atom. The summed E-state index contributed by atoms with van der Waals surface area (Å²) in [6, 6.07) is 13.2. The Kier molecular flexibility index (Phi) is 6.57. The number of amides is 2.